The zero-order valence-electron chi connectivity index (χ0n) is 9.27. The van der Waals surface area contributed by atoms with Gasteiger partial charge < -0.3 is 5.73 Å². The minimum Gasteiger partial charge on any atom is -0.327 e. The average molecular weight is 181 g/mol. The molecule has 0 unspecified atom stereocenters. The van der Waals surface area contributed by atoms with Crippen LogP contribution in [0.1, 0.15) is 52.9 Å². The van der Waals surface area contributed by atoms with Crippen LogP contribution in [0.15, 0.2) is 11.1 Å². The highest BCUT2D eigenvalue weighted by molar-refractivity contribution is 5.16. The van der Waals surface area contributed by atoms with Gasteiger partial charge in [0.25, 0.3) is 0 Å². The van der Waals surface area contributed by atoms with E-state index in [0.717, 1.165) is 12.3 Å². The summed E-state index contributed by atoms with van der Waals surface area (Å²) in [6, 6.07) is 0.426. The van der Waals surface area contributed by atoms with Crippen molar-refractivity contribution in [2.24, 2.45) is 11.7 Å². The molecule has 1 heteroatoms. The van der Waals surface area contributed by atoms with Crippen LogP contribution >= 0.6 is 0 Å². The van der Waals surface area contributed by atoms with Crippen molar-refractivity contribution in [3.63, 3.8) is 0 Å². The molecule has 0 radical (unpaired) electrons. The van der Waals surface area contributed by atoms with E-state index in [1.807, 2.05) is 0 Å². The molecule has 2 N–H and O–H groups in total. The second-order valence-electron chi connectivity index (χ2n) is 4.54. The molecule has 0 aromatic rings. The van der Waals surface area contributed by atoms with Gasteiger partial charge in [0.05, 0.1) is 0 Å². The summed E-state index contributed by atoms with van der Waals surface area (Å²) >= 11 is 0. The van der Waals surface area contributed by atoms with E-state index in [9.17, 15) is 0 Å². The van der Waals surface area contributed by atoms with Crippen molar-refractivity contribution in [2.45, 2.75) is 58.9 Å². The van der Waals surface area contributed by atoms with Gasteiger partial charge in [-0.2, -0.15) is 0 Å². The predicted octanol–water partition coefficient (Wildman–Crippen LogP) is 3.25. The zero-order chi connectivity index (χ0) is 9.84. The summed E-state index contributed by atoms with van der Waals surface area (Å²) in [6.07, 6.45) is 6.32. The van der Waals surface area contributed by atoms with E-state index in [1.165, 1.54) is 31.3 Å². The van der Waals surface area contributed by atoms with Crippen molar-refractivity contribution in [1.29, 1.82) is 0 Å². The van der Waals surface area contributed by atoms with Gasteiger partial charge in [0.2, 0.25) is 0 Å². The minimum absolute atomic E-state index is 0.426. The molecule has 0 aliphatic heterocycles. The van der Waals surface area contributed by atoms with Crippen LogP contribution in [-0.2, 0) is 0 Å². The van der Waals surface area contributed by atoms with Crippen molar-refractivity contribution in [1.82, 2.24) is 0 Å². The average Bonchev–Trinajstić information content (AvgIpc) is 2.09. The maximum absolute atomic E-state index is 6.14. The van der Waals surface area contributed by atoms with E-state index >= 15 is 0 Å². The Balaban J connectivity index is 2.49. The lowest BCUT2D eigenvalue weighted by molar-refractivity contribution is 0.357. The van der Waals surface area contributed by atoms with Crippen LogP contribution in [0.3, 0.4) is 0 Å². The second kappa shape index (κ2) is 4.80. The van der Waals surface area contributed by atoms with Crippen LogP contribution in [0.4, 0.5) is 0 Å². The van der Waals surface area contributed by atoms with Crippen LogP contribution in [0.25, 0.3) is 0 Å². The Bertz CT molecular complexity index is 193. The molecule has 0 saturated carbocycles. The highest BCUT2D eigenvalue weighted by atomic mass is 14.7. The quantitative estimate of drug-likeness (QED) is 0.664. The highest BCUT2D eigenvalue weighted by Gasteiger charge is 2.23. The van der Waals surface area contributed by atoms with Crippen molar-refractivity contribution >= 4 is 0 Å². The highest BCUT2D eigenvalue weighted by Crippen LogP contribution is 2.31. The van der Waals surface area contributed by atoms with E-state index in [-0.39, 0.29) is 0 Å². The van der Waals surface area contributed by atoms with Crippen molar-refractivity contribution < 1.29 is 0 Å². The molecule has 2 atom stereocenters. The summed E-state index contributed by atoms with van der Waals surface area (Å²) in [6.45, 7) is 6.74. The largest absolute Gasteiger partial charge is 0.327 e. The topological polar surface area (TPSA) is 26.0 Å². The summed E-state index contributed by atoms with van der Waals surface area (Å²) in [5.74, 6) is 0.753. The standard InChI is InChI=1S/C12H23N/c1-4-5-6-11-7-9(2)10(3)8-12(11)13/h11-12H,4-8,13H2,1-3H3/t11-,12-/m1/s1. The first-order chi connectivity index (χ1) is 6.15. The second-order valence-corrected chi connectivity index (χ2v) is 4.54. The molecule has 0 amide bonds. The molecule has 1 aliphatic carbocycles. The molecule has 76 valence electrons. The van der Waals surface area contributed by atoms with Gasteiger partial charge in [0, 0.05) is 6.04 Å². The molecular formula is C12H23N. The smallest absolute Gasteiger partial charge is 0.0108 e. The summed E-state index contributed by atoms with van der Waals surface area (Å²) in [4.78, 5) is 0. The Morgan fingerprint density at radius 1 is 1.23 bits per heavy atom. The minimum atomic E-state index is 0.426. The Morgan fingerprint density at radius 2 is 1.85 bits per heavy atom. The third-order valence-electron chi connectivity index (χ3n) is 3.37. The Hall–Kier alpha value is -0.300. The molecule has 0 heterocycles. The Morgan fingerprint density at radius 3 is 2.46 bits per heavy atom. The first-order valence-electron chi connectivity index (χ1n) is 5.56. The number of hydrogen-bond donors (Lipinski definition) is 1. The SMILES string of the molecule is CCCC[C@@H]1CC(C)=C(C)C[C@H]1N. The summed E-state index contributed by atoms with van der Waals surface area (Å²) in [7, 11) is 0. The fraction of sp³-hybridized carbons (Fsp3) is 0.833. The fourth-order valence-corrected chi connectivity index (χ4v) is 2.20. The Labute approximate surface area is 82.4 Å². The molecule has 0 fully saturated rings. The van der Waals surface area contributed by atoms with Crippen molar-refractivity contribution in [3.8, 4) is 0 Å². The van der Waals surface area contributed by atoms with Crippen LogP contribution in [0.2, 0.25) is 0 Å². The van der Waals surface area contributed by atoms with Crippen molar-refractivity contribution in [2.75, 3.05) is 0 Å². The third-order valence-corrected chi connectivity index (χ3v) is 3.37. The van der Waals surface area contributed by atoms with E-state index in [2.05, 4.69) is 20.8 Å². The fourth-order valence-electron chi connectivity index (χ4n) is 2.20. The molecule has 13 heavy (non-hydrogen) atoms. The lowest BCUT2D eigenvalue weighted by Crippen LogP contribution is -2.33. The molecule has 0 aromatic carbocycles. The number of allylic oxidation sites excluding steroid dienone is 1. The van der Waals surface area contributed by atoms with Gasteiger partial charge in [-0.1, -0.05) is 30.9 Å². The summed E-state index contributed by atoms with van der Waals surface area (Å²) in [5, 5.41) is 0. The van der Waals surface area contributed by atoms with Crippen molar-refractivity contribution in [3.05, 3.63) is 11.1 Å². The molecule has 0 spiro atoms. The van der Waals surface area contributed by atoms with E-state index in [1.54, 1.807) is 5.57 Å². The summed E-state index contributed by atoms with van der Waals surface area (Å²) < 4.78 is 0. The van der Waals surface area contributed by atoms with E-state index < -0.39 is 0 Å². The van der Waals surface area contributed by atoms with E-state index in [0.29, 0.717) is 6.04 Å². The van der Waals surface area contributed by atoms with Gasteiger partial charge in [-0.25, -0.2) is 0 Å². The molecule has 0 bridgehead atoms. The van der Waals surface area contributed by atoms with Crippen LogP contribution in [0.5, 0.6) is 0 Å². The first-order valence-corrected chi connectivity index (χ1v) is 5.56. The molecule has 1 nitrogen and oxygen atoms in total. The monoisotopic (exact) mass is 181 g/mol. The van der Waals surface area contributed by atoms with Gasteiger partial charge in [-0.15, -0.1) is 0 Å². The van der Waals surface area contributed by atoms with Crippen LogP contribution in [-0.4, -0.2) is 6.04 Å². The number of nitrogens with two attached hydrogens (primary N) is 1. The number of rotatable bonds is 3. The molecular weight excluding hydrogens is 158 g/mol. The number of unbranched alkanes of at least 4 members (excludes halogenated alkanes) is 1. The maximum atomic E-state index is 6.14. The van der Waals surface area contributed by atoms with E-state index in [4.69, 9.17) is 5.73 Å². The number of hydrogen-bond acceptors (Lipinski definition) is 1. The Kier molecular flexibility index (Phi) is 3.98. The zero-order valence-corrected chi connectivity index (χ0v) is 9.27. The van der Waals surface area contributed by atoms with Gasteiger partial charge in [-0.05, 0) is 39.0 Å². The van der Waals surface area contributed by atoms with Crippen LogP contribution < -0.4 is 5.73 Å². The van der Waals surface area contributed by atoms with Gasteiger partial charge >= 0.3 is 0 Å². The molecule has 0 aromatic heterocycles. The lowest BCUT2D eigenvalue weighted by Gasteiger charge is -2.30. The van der Waals surface area contributed by atoms with Gasteiger partial charge in [0.15, 0.2) is 0 Å². The van der Waals surface area contributed by atoms with Gasteiger partial charge in [0.1, 0.15) is 0 Å². The lowest BCUT2D eigenvalue weighted by atomic mass is 9.79. The molecule has 1 rings (SSSR count). The predicted molar refractivity (Wildman–Crippen MR) is 58.6 cm³/mol. The molecule has 1 aliphatic rings. The third kappa shape index (κ3) is 2.84. The molecule has 0 saturated heterocycles. The maximum Gasteiger partial charge on any atom is 0.0108 e. The summed E-state index contributed by atoms with van der Waals surface area (Å²) in [5.41, 5.74) is 9.25. The van der Waals surface area contributed by atoms with Gasteiger partial charge in [-0.3, -0.25) is 0 Å². The first kappa shape index (κ1) is 10.8. The van der Waals surface area contributed by atoms with Crippen LogP contribution in [0, 0.1) is 5.92 Å². The normalized spacial score (nSPS) is 29.5.